The van der Waals surface area contributed by atoms with Crippen LogP contribution < -0.4 is 0 Å². The van der Waals surface area contributed by atoms with E-state index >= 15 is 0 Å². The van der Waals surface area contributed by atoms with Crippen LogP contribution >= 0.6 is 0 Å². The molecule has 1 atom stereocenters. The van der Waals surface area contributed by atoms with Crippen LogP contribution in [0.15, 0.2) is 60.7 Å². The molecule has 0 aliphatic carbocycles. The predicted octanol–water partition coefficient (Wildman–Crippen LogP) is 4.06. The third-order valence-electron chi connectivity index (χ3n) is 5.60. The van der Waals surface area contributed by atoms with Crippen molar-refractivity contribution in [2.24, 2.45) is 0 Å². The van der Waals surface area contributed by atoms with Crippen molar-refractivity contribution in [3.05, 3.63) is 71.8 Å². The zero-order valence-corrected chi connectivity index (χ0v) is 15.9. The highest BCUT2D eigenvalue weighted by molar-refractivity contribution is 5.93. The quantitative estimate of drug-likeness (QED) is 0.753. The molecule has 1 aliphatic heterocycles. The summed E-state index contributed by atoms with van der Waals surface area (Å²) in [6.45, 7) is 7.63. The van der Waals surface area contributed by atoms with Gasteiger partial charge in [-0.05, 0) is 24.5 Å². The maximum atomic E-state index is 13.4. The third-order valence-corrected chi connectivity index (χ3v) is 5.60. The van der Waals surface area contributed by atoms with E-state index in [0.717, 1.165) is 43.9 Å². The molecule has 1 saturated heterocycles. The van der Waals surface area contributed by atoms with Gasteiger partial charge in [-0.1, -0.05) is 67.6 Å². The number of hydrogen-bond donors (Lipinski definition) is 0. The van der Waals surface area contributed by atoms with Crippen molar-refractivity contribution in [2.75, 3.05) is 26.3 Å². The summed E-state index contributed by atoms with van der Waals surface area (Å²) in [6, 6.07) is 20.9. The van der Waals surface area contributed by atoms with E-state index in [1.807, 2.05) is 43.3 Å². The van der Waals surface area contributed by atoms with Crippen molar-refractivity contribution < 1.29 is 9.53 Å². The third kappa shape index (κ3) is 3.74. The highest BCUT2D eigenvalue weighted by Gasteiger charge is 2.42. The Balaban J connectivity index is 2.06. The molecule has 0 radical (unpaired) electrons. The Labute approximate surface area is 157 Å². The molecule has 0 unspecified atom stereocenters. The van der Waals surface area contributed by atoms with Crippen LogP contribution in [-0.4, -0.2) is 43.0 Å². The second-order valence-electron chi connectivity index (χ2n) is 7.12. The Morgan fingerprint density at radius 2 is 1.50 bits per heavy atom. The number of benzene rings is 2. The molecule has 0 spiro atoms. The molecule has 138 valence electrons. The van der Waals surface area contributed by atoms with Gasteiger partial charge in [-0.25, -0.2) is 0 Å². The minimum absolute atomic E-state index is 0.287. The molecule has 0 saturated carbocycles. The van der Waals surface area contributed by atoms with Crippen molar-refractivity contribution >= 4 is 5.78 Å². The molecule has 2 aromatic rings. The Morgan fingerprint density at radius 1 is 1.00 bits per heavy atom. The lowest BCUT2D eigenvalue weighted by molar-refractivity contribution is -0.123. The molecule has 3 nitrogen and oxygen atoms in total. The smallest absolute Gasteiger partial charge is 0.147 e. The molecule has 1 heterocycles. The van der Waals surface area contributed by atoms with Crippen molar-refractivity contribution in [2.45, 2.75) is 38.1 Å². The minimum atomic E-state index is -0.602. The van der Waals surface area contributed by atoms with E-state index in [2.05, 4.69) is 36.1 Å². The Hall–Kier alpha value is -1.97. The lowest BCUT2D eigenvalue weighted by atomic mass is 9.67. The van der Waals surface area contributed by atoms with Gasteiger partial charge in [0.15, 0.2) is 0 Å². The van der Waals surface area contributed by atoms with E-state index in [1.165, 1.54) is 0 Å². The van der Waals surface area contributed by atoms with Crippen molar-refractivity contribution in [3.63, 3.8) is 0 Å². The van der Waals surface area contributed by atoms with Crippen molar-refractivity contribution in [3.8, 4) is 0 Å². The summed E-state index contributed by atoms with van der Waals surface area (Å²) in [4.78, 5) is 15.9. The molecule has 0 aromatic heterocycles. The van der Waals surface area contributed by atoms with E-state index in [-0.39, 0.29) is 5.78 Å². The summed E-state index contributed by atoms with van der Waals surface area (Å²) in [5.74, 6) is 0.287. The number of carbonyl (C=O) groups excluding carboxylic acids is 1. The summed E-state index contributed by atoms with van der Waals surface area (Å²) >= 11 is 0. The van der Waals surface area contributed by atoms with Gasteiger partial charge in [-0.2, -0.15) is 0 Å². The molecule has 0 N–H and O–H groups in total. The number of ether oxygens (including phenoxy) is 1. The van der Waals surface area contributed by atoms with Crippen molar-refractivity contribution in [1.29, 1.82) is 0 Å². The van der Waals surface area contributed by atoms with E-state index < -0.39 is 5.41 Å². The monoisotopic (exact) mass is 351 g/mol. The van der Waals surface area contributed by atoms with Crippen LogP contribution in [0.1, 0.15) is 37.8 Å². The average Bonchev–Trinajstić information content (AvgIpc) is 2.73. The molecule has 3 heteroatoms. The van der Waals surface area contributed by atoms with Crippen LogP contribution in [0, 0.1) is 0 Å². The van der Waals surface area contributed by atoms with Gasteiger partial charge in [0.2, 0.25) is 0 Å². The number of hydrogen-bond acceptors (Lipinski definition) is 3. The Kier molecular flexibility index (Phi) is 6.23. The summed E-state index contributed by atoms with van der Waals surface area (Å²) in [6.07, 6.45) is 1.31. The topological polar surface area (TPSA) is 29.5 Å². The molecule has 1 fully saturated rings. The first-order chi connectivity index (χ1) is 12.7. The van der Waals surface area contributed by atoms with Crippen LogP contribution in [0.3, 0.4) is 0 Å². The lowest BCUT2D eigenvalue weighted by Gasteiger charge is -2.40. The van der Waals surface area contributed by atoms with Gasteiger partial charge in [-0.15, -0.1) is 0 Å². The van der Waals surface area contributed by atoms with Gasteiger partial charge in [0.05, 0.1) is 18.6 Å². The largest absolute Gasteiger partial charge is 0.379 e. The number of ketones is 1. The summed E-state index contributed by atoms with van der Waals surface area (Å²) < 4.78 is 5.51. The predicted molar refractivity (Wildman–Crippen MR) is 105 cm³/mol. The average molecular weight is 351 g/mol. The first-order valence-electron chi connectivity index (χ1n) is 9.64. The van der Waals surface area contributed by atoms with Crippen LogP contribution in [0.2, 0.25) is 0 Å². The van der Waals surface area contributed by atoms with E-state index in [9.17, 15) is 4.79 Å². The van der Waals surface area contributed by atoms with Crippen LogP contribution in [0.5, 0.6) is 0 Å². The first-order valence-corrected chi connectivity index (χ1v) is 9.64. The van der Waals surface area contributed by atoms with Gasteiger partial charge in [0, 0.05) is 25.6 Å². The van der Waals surface area contributed by atoms with E-state index in [1.54, 1.807) is 0 Å². The molecular formula is C23H29NO2. The molecule has 1 aliphatic rings. The zero-order chi connectivity index (χ0) is 18.4. The maximum Gasteiger partial charge on any atom is 0.147 e. The molecule has 0 amide bonds. The van der Waals surface area contributed by atoms with Gasteiger partial charge in [0.25, 0.3) is 0 Å². The molecule has 0 bridgehead atoms. The SMILES string of the molecule is CCC(=O)C(C[C@@H](C)N1CCOCC1)(c1ccccc1)c1ccccc1. The standard InChI is InChI=1S/C23H29NO2/c1-3-22(25)23(20-10-6-4-7-11-20,21-12-8-5-9-13-21)18-19(2)24-14-16-26-17-15-24/h4-13,19H,3,14-18H2,1-2H3/t19-/m1/s1. The fraction of sp³-hybridized carbons (Fsp3) is 0.435. The van der Waals surface area contributed by atoms with Gasteiger partial charge >= 0.3 is 0 Å². The summed E-state index contributed by atoms with van der Waals surface area (Å²) in [7, 11) is 0. The minimum Gasteiger partial charge on any atom is -0.379 e. The molecule has 26 heavy (non-hydrogen) atoms. The summed E-state index contributed by atoms with van der Waals surface area (Å²) in [5.41, 5.74) is 1.59. The number of Topliss-reactive ketones (excluding diaryl/α,β-unsaturated/α-hetero) is 1. The number of carbonyl (C=O) groups is 1. The van der Waals surface area contributed by atoms with E-state index in [0.29, 0.717) is 12.5 Å². The molecular weight excluding hydrogens is 322 g/mol. The second kappa shape index (κ2) is 8.61. The van der Waals surface area contributed by atoms with Crippen LogP contribution in [-0.2, 0) is 14.9 Å². The van der Waals surface area contributed by atoms with E-state index in [4.69, 9.17) is 4.74 Å². The van der Waals surface area contributed by atoms with Crippen LogP contribution in [0.4, 0.5) is 0 Å². The molecule has 2 aromatic carbocycles. The fourth-order valence-electron chi connectivity index (χ4n) is 4.18. The number of nitrogens with zero attached hydrogens (tertiary/aromatic N) is 1. The number of rotatable bonds is 7. The Bertz CT molecular complexity index is 653. The van der Waals surface area contributed by atoms with Gasteiger partial charge < -0.3 is 4.74 Å². The van der Waals surface area contributed by atoms with Gasteiger partial charge in [0.1, 0.15) is 5.78 Å². The zero-order valence-electron chi connectivity index (χ0n) is 15.9. The maximum absolute atomic E-state index is 13.4. The van der Waals surface area contributed by atoms with Gasteiger partial charge in [-0.3, -0.25) is 9.69 Å². The fourth-order valence-corrected chi connectivity index (χ4v) is 4.18. The van der Waals surface area contributed by atoms with Crippen LogP contribution in [0.25, 0.3) is 0 Å². The first kappa shape index (κ1) is 18.8. The normalized spacial score (nSPS) is 17.0. The van der Waals surface area contributed by atoms with Crippen molar-refractivity contribution in [1.82, 2.24) is 4.90 Å². The highest BCUT2D eigenvalue weighted by atomic mass is 16.5. The lowest BCUT2D eigenvalue weighted by Crippen LogP contribution is -2.48. The number of morpholine rings is 1. The highest BCUT2D eigenvalue weighted by Crippen LogP contribution is 2.39. The summed E-state index contributed by atoms with van der Waals surface area (Å²) in [5, 5.41) is 0. The Morgan fingerprint density at radius 3 is 1.96 bits per heavy atom. The second-order valence-corrected chi connectivity index (χ2v) is 7.12. The molecule has 3 rings (SSSR count).